The van der Waals surface area contributed by atoms with Crippen molar-refractivity contribution in [1.82, 2.24) is 28.5 Å². The molecule has 22 heteroatoms. The zero-order valence-electron chi connectivity index (χ0n) is 33.9. The summed E-state index contributed by atoms with van der Waals surface area (Å²) in [5.41, 5.74) is 19.1. The lowest BCUT2D eigenvalue weighted by Gasteiger charge is -2.30. The molecule has 0 radical (unpaired) electrons. The number of piperidine rings is 2. The molecule has 2 aromatic heterocycles. The number of aromatic nitrogens is 4. The Labute approximate surface area is 351 Å². The third-order valence-electron chi connectivity index (χ3n) is 9.68. The van der Waals surface area contributed by atoms with Crippen LogP contribution < -0.4 is 22.5 Å². The largest absolute Gasteiger partial charge is 0.383 e. The molecule has 0 spiro atoms. The van der Waals surface area contributed by atoms with E-state index in [1.807, 2.05) is 0 Å². The third-order valence-corrected chi connectivity index (χ3v) is 13.4. The van der Waals surface area contributed by atoms with Gasteiger partial charge in [0.15, 0.2) is 11.6 Å². The molecule has 6 rings (SSSR count). The minimum Gasteiger partial charge on any atom is -0.383 e. The van der Waals surface area contributed by atoms with E-state index >= 15 is 0 Å². The zero-order valence-corrected chi connectivity index (χ0v) is 36.3. The van der Waals surface area contributed by atoms with Crippen LogP contribution in [0, 0.1) is 25.5 Å². The number of hydrogen-bond acceptors (Lipinski definition) is 15. The van der Waals surface area contributed by atoms with E-state index < -0.39 is 54.0 Å². The second-order valence-electron chi connectivity index (χ2n) is 14.2. The molecule has 60 heavy (non-hydrogen) atoms. The van der Waals surface area contributed by atoms with Crippen molar-refractivity contribution in [2.75, 3.05) is 61.2 Å². The maximum Gasteiger partial charge on any atom is 0.224 e. The van der Waals surface area contributed by atoms with Crippen molar-refractivity contribution < 1.29 is 39.4 Å². The van der Waals surface area contributed by atoms with Crippen molar-refractivity contribution >= 4 is 60.0 Å². The molecule has 0 saturated carbocycles. The number of aryl methyl sites for hydroxylation is 2. The van der Waals surface area contributed by atoms with E-state index in [1.54, 1.807) is 20.8 Å². The maximum absolute atomic E-state index is 13.5. The van der Waals surface area contributed by atoms with E-state index in [1.165, 1.54) is 63.8 Å². The Morgan fingerprint density at radius 3 is 1.60 bits per heavy atom. The highest BCUT2D eigenvalue weighted by Gasteiger charge is 2.26. The van der Waals surface area contributed by atoms with E-state index in [9.17, 15) is 39.4 Å². The molecule has 4 aromatic rings. The summed E-state index contributed by atoms with van der Waals surface area (Å²) in [4.78, 5) is 41.1. The number of ketones is 2. The molecule has 1 atom stereocenters. The normalized spacial score (nSPS) is 16.1. The van der Waals surface area contributed by atoms with Crippen LogP contribution in [0.15, 0.2) is 53.9 Å². The van der Waals surface area contributed by atoms with Gasteiger partial charge >= 0.3 is 0 Å². The fourth-order valence-corrected chi connectivity index (χ4v) is 8.50. The summed E-state index contributed by atoms with van der Waals surface area (Å²) in [6.07, 6.45) is 7.78. The molecular formula is C38H50F2N10O7S3. The molecule has 7 N–H and O–H groups in total. The first kappa shape index (κ1) is 47.8. The first-order chi connectivity index (χ1) is 28.1. The number of nitrogen functional groups attached to an aromatic ring is 2. The SMILES string of the molecule is CCS(=O)c1ncc(C(=O)c2cc(F)ccc2C)c(N)n1.CS(=O)(=O)N1CCC(N)CC1.Cc1ccc(F)cc1C(=O)c1cnc(NC2CCN(S(C)(=O)=O)CC2)nc1N. The van der Waals surface area contributed by atoms with E-state index in [4.69, 9.17) is 17.2 Å². The van der Waals surface area contributed by atoms with Crippen LogP contribution in [0.25, 0.3) is 0 Å². The Balaban J connectivity index is 0.000000217. The molecule has 2 fully saturated rings. The number of nitrogens with zero attached hydrogens (tertiary/aromatic N) is 6. The Morgan fingerprint density at radius 2 is 1.18 bits per heavy atom. The standard InChI is InChI=1S/C18H22FN5O3S.C14H14FN3O2S.C6H14N2O2S/c1-11-3-4-12(19)9-14(11)16(25)15-10-21-18(23-17(15)20)22-13-5-7-24(8-6-13)28(2,26)27;1-3-21(20)14-17-7-11(13(16)18-14)12(19)10-6-9(15)5-4-8(10)2;1-11(9,10)8-4-2-6(7)3-5-8/h3-4,9-10,13H,5-8H2,1-2H3,(H3,20,21,22,23);4-7H,3H2,1-2H3,(H2,16,17,18);6H,2-5,7H2,1H3. The number of rotatable bonds is 10. The zero-order chi connectivity index (χ0) is 44.5. The van der Waals surface area contributed by atoms with Crippen LogP contribution in [0.1, 0.15) is 75.6 Å². The van der Waals surface area contributed by atoms with Gasteiger partial charge in [0.2, 0.25) is 31.2 Å². The van der Waals surface area contributed by atoms with Gasteiger partial charge in [0.1, 0.15) is 23.3 Å². The highest BCUT2D eigenvalue weighted by Crippen LogP contribution is 2.22. The summed E-state index contributed by atoms with van der Waals surface area (Å²) in [6, 6.07) is 8.11. The molecular weight excluding hydrogens is 843 g/mol. The molecule has 2 aliphatic rings. The lowest BCUT2D eigenvalue weighted by atomic mass is 10.0. The smallest absolute Gasteiger partial charge is 0.224 e. The van der Waals surface area contributed by atoms with E-state index in [0.717, 1.165) is 18.9 Å². The summed E-state index contributed by atoms with van der Waals surface area (Å²) in [5.74, 6) is -1.35. The predicted molar refractivity (Wildman–Crippen MR) is 226 cm³/mol. The highest BCUT2D eigenvalue weighted by molar-refractivity contribution is 7.88. The van der Waals surface area contributed by atoms with Gasteiger partial charge in [0.25, 0.3) is 0 Å². The van der Waals surface area contributed by atoms with Crippen molar-refractivity contribution in [1.29, 1.82) is 0 Å². The second-order valence-corrected chi connectivity index (χ2v) is 19.8. The fraction of sp³-hybridized carbons (Fsp3) is 0.421. The minimum absolute atomic E-state index is 0.000247. The van der Waals surface area contributed by atoms with Gasteiger partial charge in [-0.25, -0.2) is 49.2 Å². The minimum atomic E-state index is -3.19. The van der Waals surface area contributed by atoms with Gasteiger partial charge in [-0.05, 0) is 74.9 Å². The van der Waals surface area contributed by atoms with Crippen molar-refractivity contribution in [3.63, 3.8) is 0 Å². The summed E-state index contributed by atoms with van der Waals surface area (Å²) < 4.78 is 86.4. The predicted octanol–water partition coefficient (Wildman–Crippen LogP) is 2.81. The number of carbonyl (C=O) groups is 2. The number of nitrogens with two attached hydrogens (primary N) is 3. The lowest BCUT2D eigenvalue weighted by molar-refractivity contribution is 0.103. The lowest BCUT2D eigenvalue weighted by Crippen LogP contribution is -2.42. The molecule has 326 valence electrons. The number of hydrogen-bond donors (Lipinski definition) is 4. The Hall–Kier alpha value is -4.87. The van der Waals surface area contributed by atoms with E-state index in [0.29, 0.717) is 55.9 Å². The summed E-state index contributed by atoms with van der Waals surface area (Å²) in [6.45, 7) is 7.14. The van der Waals surface area contributed by atoms with Crippen LogP contribution in [0.5, 0.6) is 0 Å². The maximum atomic E-state index is 13.5. The Kier molecular flexibility index (Phi) is 16.4. The summed E-state index contributed by atoms with van der Waals surface area (Å²) in [7, 11) is -7.51. The molecule has 2 aromatic carbocycles. The number of nitrogens with one attached hydrogen (secondary N) is 1. The van der Waals surface area contributed by atoms with Gasteiger partial charge < -0.3 is 22.5 Å². The van der Waals surface area contributed by atoms with Gasteiger partial charge in [0, 0.05) is 67.5 Å². The third kappa shape index (κ3) is 13.1. The van der Waals surface area contributed by atoms with Gasteiger partial charge in [-0.3, -0.25) is 13.8 Å². The molecule has 0 amide bonds. The number of halogens is 2. The van der Waals surface area contributed by atoms with Crippen molar-refractivity contribution in [3.8, 4) is 0 Å². The first-order valence-electron chi connectivity index (χ1n) is 18.8. The number of sulfonamides is 2. The quantitative estimate of drug-likeness (QED) is 0.132. The topological polar surface area (TPSA) is 268 Å². The first-order valence-corrected chi connectivity index (χ1v) is 23.8. The molecule has 0 bridgehead atoms. The van der Waals surface area contributed by atoms with Gasteiger partial charge in [-0.2, -0.15) is 4.98 Å². The monoisotopic (exact) mass is 892 g/mol. The molecule has 4 heterocycles. The van der Waals surface area contributed by atoms with Crippen LogP contribution in [-0.2, 0) is 30.8 Å². The van der Waals surface area contributed by atoms with Crippen LogP contribution in [0.4, 0.5) is 26.4 Å². The van der Waals surface area contributed by atoms with Crippen molar-refractivity contribution in [2.24, 2.45) is 5.73 Å². The molecule has 2 saturated heterocycles. The Morgan fingerprint density at radius 1 is 0.750 bits per heavy atom. The second kappa shape index (κ2) is 20.6. The van der Waals surface area contributed by atoms with E-state index in [-0.39, 0.29) is 57.1 Å². The molecule has 17 nitrogen and oxygen atoms in total. The molecule has 0 aliphatic carbocycles. The number of carbonyl (C=O) groups excluding carboxylic acids is 2. The van der Waals surface area contributed by atoms with Crippen molar-refractivity contribution in [3.05, 3.63) is 93.8 Å². The van der Waals surface area contributed by atoms with Gasteiger partial charge in [-0.1, -0.05) is 19.1 Å². The average Bonchev–Trinajstić information content (AvgIpc) is 3.19. The van der Waals surface area contributed by atoms with Crippen LogP contribution in [0.2, 0.25) is 0 Å². The summed E-state index contributed by atoms with van der Waals surface area (Å²) >= 11 is 0. The van der Waals surface area contributed by atoms with E-state index in [2.05, 4.69) is 25.3 Å². The van der Waals surface area contributed by atoms with Crippen molar-refractivity contribution in [2.45, 2.75) is 63.7 Å². The average molecular weight is 893 g/mol. The van der Waals surface area contributed by atoms with Gasteiger partial charge in [-0.15, -0.1) is 0 Å². The van der Waals surface area contributed by atoms with Gasteiger partial charge in [0.05, 0.1) is 34.4 Å². The van der Waals surface area contributed by atoms with Crippen LogP contribution >= 0.6 is 0 Å². The Bertz CT molecular complexity index is 2450. The number of benzene rings is 2. The molecule has 1 unspecified atom stereocenters. The molecule has 2 aliphatic heterocycles. The van der Waals surface area contributed by atoms with Crippen LogP contribution in [0.3, 0.4) is 0 Å². The highest BCUT2D eigenvalue weighted by atomic mass is 32.2. The summed E-state index contributed by atoms with van der Waals surface area (Å²) in [5, 5.41) is 3.21. The fourth-order valence-electron chi connectivity index (χ4n) is 6.12. The number of anilines is 3. The van der Waals surface area contributed by atoms with Crippen LogP contribution in [-0.4, -0.2) is 118 Å².